The van der Waals surface area contributed by atoms with Gasteiger partial charge in [-0.25, -0.2) is 0 Å². The predicted octanol–water partition coefficient (Wildman–Crippen LogP) is 11.0. The molecule has 0 saturated heterocycles. The van der Waals surface area contributed by atoms with Gasteiger partial charge in [0.15, 0.2) is 8.32 Å². The Balaban J connectivity index is 1.97. The lowest BCUT2D eigenvalue weighted by atomic mass is 9.81. The molecule has 2 heteroatoms. The highest BCUT2D eigenvalue weighted by Crippen LogP contribution is 2.42. The maximum Gasteiger partial charge on any atom is 0.192 e. The second kappa shape index (κ2) is 11.5. The fraction of sp³-hybridized carbons (Fsp3) is 0.500. The van der Waals surface area contributed by atoms with Crippen LogP contribution in [0.2, 0.25) is 18.1 Å². The Morgan fingerprint density at radius 2 is 0.974 bits per heavy atom. The fourth-order valence-electron chi connectivity index (χ4n) is 4.77. The van der Waals surface area contributed by atoms with Crippen LogP contribution < -0.4 is 0 Å². The molecule has 0 aliphatic carbocycles. The summed E-state index contributed by atoms with van der Waals surface area (Å²) in [5.41, 5.74) is 7.14. The molecule has 3 aromatic rings. The van der Waals surface area contributed by atoms with Crippen molar-refractivity contribution in [1.29, 1.82) is 0 Å². The lowest BCUT2D eigenvalue weighted by molar-refractivity contribution is 0.169. The number of hydrogen-bond donors (Lipinski definition) is 0. The summed E-state index contributed by atoms with van der Waals surface area (Å²) in [4.78, 5) is 0. The normalized spacial score (nSPS) is 14.1. The summed E-state index contributed by atoms with van der Waals surface area (Å²) in [6, 6.07) is 29.6. The van der Waals surface area contributed by atoms with Crippen LogP contribution in [0.3, 0.4) is 0 Å². The molecule has 1 nitrogen and oxygen atoms in total. The van der Waals surface area contributed by atoms with Gasteiger partial charge in [0.2, 0.25) is 0 Å². The maximum atomic E-state index is 7.08. The standard InChI is InChI=1S/C36H52OSi/c1-34(2,3)30-21-17-27(18-22-30)32(28-19-23-31(24-20-28)35(4,5)6)25-26-33(29-15-13-12-14-16-29)37-38(10,11)36(7,8)9/h12-24,32-33H,25-26H2,1-11H3. The second-order valence-electron chi connectivity index (χ2n) is 14.7. The van der Waals surface area contributed by atoms with Crippen molar-refractivity contribution in [2.24, 2.45) is 0 Å². The first-order chi connectivity index (χ1) is 17.5. The molecule has 0 bridgehead atoms. The van der Waals surface area contributed by atoms with E-state index in [2.05, 4.69) is 154 Å². The zero-order valence-electron chi connectivity index (χ0n) is 26.0. The zero-order chi connectivity index (χ0) is 28.4. The Morgan fingerprint density at radius 3 is 1.34 bits per heavy atom. The Labute approximate surface area is 235 Å². The van der Waals surface area contributed by atoms with E-state index >= 15 is 0 Å². The Hall–Kier alpha value is -2.16. The Morgan fingerprint density at radius 1 is 0.553 bits per heavy atom. The first-order valence-electron chi connectivity index (χ1n) is 14.4. The van der Waals surface area contributed by atoms with Gasteiger partial charge in [0.25, 0.3) is 0 Å². The first kappa shape index (κ1) is 30.4. The monoisotopic (exact) mass is 528 g/mol. The van der Waals surface area contributed by atoms with Crippen LogP contribution in [-0.4, -0.2) is 8.32 Å². The van der Waals surface area contributed by atoms with E-state index < -0.39 is 8.32 Å². The van der Waals surface area contributed by atoms with E-state index in [0.717, 1.165) is 12.8 Å². The van der Waals surface area contributed by atoms with Gasteiger partial charge in [0, 0.05) is 5.92 Å². The molecular formula is C36H52OSi. The minimum atomic E-state index is -1.94. The van der Waals surface area contributed by atoms with Crippen LogP contribution in [0.1, 0.15) is 115 Å². The highest BCUT2D eigenvalue weighted by atomic mass is 28.4. The van der Waals surface area contributed by atoms with Gasteiger partial charge in [-0.05, 0) is 69.6 Å². The molecule has 1 unspecified atom stereocenters. The van der Waals surface area contributed by atoms with E-state index in [1.165, 1.54) is 27.8 Å². The van der Waals surface area contributed by atoms with Crippen molar-refractivity contribution >= 4 is 8.32 Å². The van der Waals surface area contributed by atoms with Crippen molar-refractivity contribution in [3.63, 3.8) is 0 Å². The van der Waals surface area contributed by atoms with Gasteiger partial charge >= 0.3 is 0 Å². The largest absolute Gasteiger partial charge is 0.410 e. The molecule has 0 heterocycles. The van der Waals surface area contributed by atoms with Crippen LogP contribution in [0.25, 0.3) is 0 Å². The van der Waals surface area contributed by atoms with Gasteiger partial charge in [-0.1, -0.05) is 141 Å². The molecule has 0 aromatic heterocycles. The molecule has 0 N–H and O–H groups in total. The van der Waals surface area contributed by atoms with Gasteiger partial charge < -0.3 is 4.43 Å². The second-order valence-corrected chi connectivity index (χ2v) is 19.4. The van der Waals surface area contributed by atoms with Crippen molar-refractivity contribution in [3.05, 3.63) is 107 Å². The van der Waals surface area contributed by atoms with E-state index in [4.69, 9.17) is 4.43 Å². The highest BCUT2D eigenvalue weighted by molar-refractivity contribution is 6.74. The van der Waals surface area contributed by atoms with Crippen molar-refractivity contribution in [3.8, 4) is 0 Å². The van der Waals surface area contributed by atoms with Crippen LogP contribution in [0.5, 0.6) is 0 Å². The van der Waals surface area contributed by atoms with Gasteiger partial charge in [-0.15, -0.1) is 0 Å². The molecular weight excluding hydrogens is 476 g/mol. The van der Waals surface area contributed by atoms with E-state index in [1.54, 1.807) is 0 Å². The number of benzene rings is 3. The summed E-state index contributed by atoms with van der Waals surface area (Å²) >= 11 is 0. The SMILES string of the molecule is CC(C)(C)c1ccc(C(CCC(O[Si](C)(C)C(C)(C)C)c2ccccc2)c2ccc(C(C)(C)C)cc2)cc1. The van der Waals surface area contributed by atoms with E-state index in [1.807, 2.05) is 0 Å². The predicted molar refractivity (Wildman–Crippen MR) is 169 cm³/mol. The van der Waals surface area contributed by atoms with Gasteiger partial charge in [-0.3, -0.25) is 0 Å². The fourth-order valence-corrected chi connectivity index (χ4v) is 6.09. The average molecular weight is 529 g/mol. The molecule has 0 aliphatic heterocycles. The first-order valence-corrected chi connectivity index (χ1v) is 17.3. The molecule has 1 atom stereocenters. The van der Waals surface area contributed by atoms with Crippen LogP contribution >= 0.6 is 0 Å². The topological polar surface area (TPSA) is 9.23 Å². The van der Waals surface area contributed by atoms with Gasteiger partial charge in [0.05, 0.1) is 6.10 Å². The van der Waals surface area contributed by atoms with Crippen molar-refractivity contribution in [1.82, 2.24) is 0 Å². The highest BCUT2D eigenvalue weighted by Gasteiger charge is 2.39. The third-order valence-corrected chi connectivity index (χ3v) is 13.0. The zero-order valence-corrected chi connectivity index (χ0v) is 27.0. The van der Waals surface area contributed by atoms with Crippen LogP contribution in [0, 0.1) is 0 Å². The molecule has 206 valence electrons. The summed E-state index contributed by atoms with van der Waals surface area (Å²) in [6.45, 7) is 25.4. The summed E-state index contributed by atoms with van der Waals surface area (Å²) < 4.78 is 7.08. The molecule has 0 saturated carbocycles. The lowest BCUT2D eigenvalue weighted by Crippen LogP contribution is -2.41. The molecule has 0 radical (unpaired) electrons. The number of hydrogen-bond acceptors (Lipinski definition) is 1. The number of rotatable bonds is 8. The van der Waals surface area contributed by atoms with Crippen molar-refractivity contribution in [2.75, 3.05) is 0 Å². The smallest absolute Gasteiger partial charge is 0.192 e. The summed E-state index contributed by atoms with van der Waals surface area (Å²) in [7, 11) is -1.94. The average Bonchev–Trinajstić information content (AvgIpc) is 2.83. The summed E-state index contributed by atoms with van der Waals surface area (Å²) in [6.07, 6.45) is 2.13. The van der Waals surface area contributed by atoms with Crippen LogP contribution in [0.4, 0.5) is 0 Å². The van der Waals surface area contributed by atoms with E-state index in [9.17, 15) is 0 Å². The lowest BCUT2D eigenvalue weighted by Gasteiger charge is -2.40. The Bertz CT molecular complexity index is 1080. The van der Waals surface area contributed by atoms with Crippen molar-refractivity contribution in [2.45, 2.75) is 116 Å². The minimum absolute atomic E-state index is 0.0993. The maximum absolute atomic E-state index is 7.08. The van der Waals surface area contributed by atoms with Crippen molar-refractivity contribution < 1.29 is 4.43 Å². The van der Waals surface area contributed by atoms with Crippen LogP contribution in [0.15, 0.2) is 78.9 Å². The Kier molecular flexibility index (Phi) is 9.21. The van der Waals surface area contributed by atoms with E-state index in [0.29, 0.717) is 5.92 Å². The summed E-state index contributed by atoms with van der Waals surface area (Å²) in [5.74, 6) is 0.326. The third kappa shape index (κ3) is 7.70. The minimum Gasteiger partial charge on any atom is -0.410 e. The van der Waals surface area contributed by atoms with E-state index in [-0.39, 0.29) is 22.0 Å². The van der Waals surface area contributed by atoms with Gasteiger partial charge in [-0.2, -0.15) is 0 Å². The molecule has 3 aromatic carbocycles. The molecule has 3 rings (SSSR count). The molecule has 38 heavy (non-hydrogen) atoms. The molecule has 0 amide bonds. The molecule has 0 aliphatic rings. The molecule has 0 fully saturated rings. The molecule has 0 spiro atoms. The quantitative estimate of drug-likeness (QED) is 0.264. The van der Waals surface area contributed by atoms with Crippen LogP contribution in [-0.2, 0) is 15.3 Å². The summed E-state index contributed by atoms with van der Waals surface area (Å²) in [5, 5.41) is 0.172. The third-order valence-electron chi connectivity index (χ3n) is 8.49. The van der Waals surface area contributed by atoms with Gasteiger partial charge in [0.1, 0.15) is 0 Å².